The lowest BCUT2D eigenvalue weighted by molar-refractivity contribution is 0.0624. The molecule has 0 N–H and O–H groups in total. The third kappa shape index (κ3) is 2.23. The van der Waals surface area contributed by atoms with Gasteiger partial charge in [0.05, 0.1) is 12.7 Å². The Morgan fingerprint density at radius 3 is 2.75 bits per heavy atom. The fourth-order valence-corrected chi connectivity index (χ4v) is 1.95. The topological polar surface area (TPSA) is 14.2 Å². The van der Waals surface area contributed by atoms with Gasteiger partial charge in [-0.25, -0.2) is 0 Å². The van der Waals surface area contributed by atoms with Crippen LogP contribution >= 0.6 is 11.6 Å². The summed E-state index contributed by atoms with van der Waals surface area (Å²) in [6.07, 6.45) is 0.251. The highest BCUT2D eigenvalue weighted by Gasteiger charge is 2.06. The highest BCUT2D eigenvalue weighted by Crippen LogP contribution is 2.23. The van der Waals surface area contributed by atoms with Gasteiger partial charge >= 0.3 is 0 Å². The molecule has 0 atom stereocenters. The Bertz CT molecular complexity index is 502. The summed E-state index contributed by atoms with van der Waals surface area (Å²) in [6, 6.07) is 8.06. The summed E-state index contributed by atoms with van der Waals surface area (Å²) in [4.78, 5) is 0. The van der Waals surface area contributed by atoms with Gasteiger partial charge < -0.3 is 9.30 Å². The fourth-order valence-electron chi connectivity index (χ4n) is 1.77. The Hall–Kier alpha value is -0.990. The van der Waals surface area contributed by atoms with E-state index in [0.29, 0.717) is 6.61 Å². The number of hydrogen-bond donors (Lipinski definition) is 0. The molecule has 0 unspecified atom stereocenters. The number of ether oxygens (including phenoxy) is 1. The summed E-state index contributed by atoms with van der Waals surface area (Å²) in [5.41, 5.74) is 2.36. The van der Waals surface area contributed by atoms with Gasteiger partial charge in [0.1, 0.15) is 0 Å². The Morgan fingerprint density at radius 1 is 1.31 bits per heavy atom. The summed E-state index contributed by atoms with van der Waals surface area (Å²) in [7, 11) is 2.05. The van der Waals surface area contributed by atoms with Crippen LogP contribution in [-0.2, 0) is 18.4 Å². The Morgan fingerprint density at radius 2 is 2.06 bits per heavy atom. The molecular weight excluding hydrogens is 222 g/mol. The largest absolute Gasteiger partial charge is 0.373 e. The lowest BCUT2D eigenvalue weighted by atomic mass is 10.2. The van der Waals surface area contributed by atoms with Crippen molar-refractivity contribution in [2.45, 2.75) is 26.6 Å². The van der Waals surface area contributed by atoms with Crippen LogP contribution in [0.4, 0.5) is 0 Å². The highest BCUT2D eigenvalue weighted by atomic mass is 35.5. The zero-order valence-corrected chi connectivity index (χ0v) is 10.6. The molecule has 16 heavy (non-hydrogen) atoms. The van der Waals surface area contributed by atoms with Gasteiger partial charge in [-0.2, -0.15) is 0 Å². The molecule has 3 heteroatoms. The maximum Gasteiger partial charge on any atom is 0.0871 e. The van der Waals surface area contributed by atoms with E-state index in [1.165, 1.54) is 11.2 Å². The van der Waals surface area contributed by atoms with Crippen molar-refractivity contribution >= 4 is 22.5 Å². The number of rotatable bonds is 3. The molecule has 0 amide bonds. The van der Waals surface area contributed by atoms with Crippen molar-refractivity contribution in [2.75, 3.05) is 0 Å². The summed E-state index contributed by atoms with van der Waals surface area (Å²) in [6.45, 7) is 4.72. The quantitative estimate of drug-likeness (QED) is 0.793. The number of benzene rings is 1. The number of nitrogens with zero attached hydrogens (tertiary/aromatic N) is 1. The van der Waals surface area contributed by atoms with Crippen molar-refractivity contribution < 1.29 is 4.74 Å². The van der Waals surface area contributed by atoms with E-state index >= 15 is 0 Å². The monoisotopic (exact) mass is 237 g/mol. The smallest absolute Gasteiger partial charge is 0.0871 e. The molecule has 0 aliphatic carbocycles. The van der Waals surface area contributed by atoms with Gasteiger partial charge in [0.2, 0.25) is 0 Å². The van der Waals surface area contributed by atoms with Crippen molar-refractivity contribution in [1.29, 1.82) is 0 Å². The van der Waals surface area contributed by atoms with Gasteiger partial charge in [0.25, 0.3) is 0 Å². The predicted molar refractivity (Wildman–Crippen MR) is 67.9 cm³/mol. The van der Waals surface area contributed by atoms with E-state index < -0.39 is 0 Å². The molecule has 86 valence electrons. The van der Waals surface area contributed by atoms with Crippen LogP contribution in [0.25, 0.3) is 10.9 Å². The third-order valence-electron chi connectivity index (χ3n) is 2.67. The van der Waals surface area contributed by atoms with E-state index in [0.717, 1.165) is 10.4 Å². The third-order valence-corrected chi connectivity index (χ3v) is 2.90. The van der Waals surface area contributed by atoms with Gasteiger partial charge in [0.15, 0.2) is 0 Å². The zero-order valence-electron chi connectivity index (χ0n) is 9.83. The number of aromatic nitrogens is 1. The van der Waals surface area contributed by atoms with Crippen molar-refractivity contribution in [3.05, 3.63) is 35.0 Å². The van der Waals surface area contributed by atoms with Gasteiger partial charge in [-0.3, -0.25) is 0 Å². The van der Waals surface area contributed by atoms with E-state index in [1.54, 1.807) is 0 Å². The van der Waals surface area contributed by atoms with E-state index in [1.807, 2.05) is 32.0 Å². The van der Waals surface area contributed by atoms with E-state index in [2.05, 4.69) is 17.7 Å². The van der Waals surface area contributed by atoms with Crippen molar-refractivity contribution in [3.63, 3.8) is 0 Å². The molecule has 0 aliphatic rings. The first-order valence-electron chi connectivity index (χ1n) is 5.43. The Labute approximate surface area is 101 Å². The summed E-state index contributed by atoms with van der Waals surface area (Å²) >= 11 is 5.97. The average molecular weight is 238 g/mol. The predicted octanol–water partition coefficient (Wildman–Crippen LogP) is 3.76. The highest BCUT2D eigenvalue weighted by molar-refractivity contribution is 6.31. The lowest BCUT2D eigenvalue weighted by Gasteiger charge is -2.08. The second-order valence-electron chi connectivity index (χ2n) is 4.26. The molecule has 1 heterocycles. The molecule has 0 saturated heterocycles. The van der Waals surface area contributed by atoms with E-state index in [9.17, 15) is 0 Å². The summed E-state index contributed by atoms with van der Waals surface area (Å²) < 4.78 is 7.76. The first-order chi connectivity index (χ1) is 7.58. The van der Waals surface area contributed by atoms with Crippen LogP contribution in [-0.4, -0.2) is 10.7 Å². The van der Waals surface area contributed by atoms with Crippen molar-refractivity contribution in [1.82, 2.24) is 4.57 Å². The minimum absolute atomic E-state index is 0.251. The molecule has 0 spiro atoms. The minimum Gasteiger partial charge on any atom is -0.373 e. The number of aryl methyl sites for hydroxylation is 1. The van der Waals surface area contributed by atoms with Crippen LogP contribution in [0, 0.1) is 0 Å². The maximum atomic E-state index is 5.97. The summed E-state index contributed by atoms with van der Waals surface area (Å²) in [5.74, 6) is 0. The molecule has 0 fully saturated rings. The average Bonchev–Trinajstić information content (AvgIpc) is 2.52. The molecular formula is C13H16ClNO. The van der Waals surface area contributed by atoms with Crippen molar-refractivity contribution in [3.8, 4) is 0 Å². The molecule has 0 saturated carbocycles. The second kappa shape index (κ2) is 4.48. The van der Waals surface area contributed by atoms with Gasteiger partial charge in [-0.05, 0) is 38.1 Å². The molecule has 2 aromatic rings. The van der Waals surface area contributed by atoms with E-state index in [-0.39, 0.29) is 6.10 Å². The number of hydrogen-bond acceptors (Lipinski definition) is 1. The number of halogens is 1. The van der Waals surface area contributed by atoms with Crippen LogP contribution in [0.15, 0.2) is 24.3 Å². The fraction of sp³-hybridized carbons (Fsp3) is 0.385. The molecule has 2 rings (SSSR count). The molecule has 0 aliphatic heterocycles. The normalized spacial score (nSPS) is 11.6. The Kier molecular flexibility index (Phi) is 3.22. The minimum atomic E-state index is 0.251. The lowest BCUT2D eigenvalue weighted by Crippen LogP contribution is -2.05. The maximum absolute atomic E-state index is 5.97. The zero-order chi connectivity index (χ0) is 11.7. The summed E-state index contributed by atoms with van der Waals surface area (Å²) in [5, 5.41) is 1.94. The van der Waals surface area contributed by atoms with Gasteiger partial charge in [-0.15, -0.1) is 0 Å². The van der Waals surface area contributed by atoms with E-state index in [4.69, 9.17) is 16.3 Å². The Balaban J connectivity index is 2.36. The molecule has 0 radical (unpaired) electrons. The molecule has 2 nitrogen and oxygen atoms in total. The van der Waals surface area contributed by atoms with Crippen LogP contribution in [0.5, 0.6) is 0 Å². The van der Waals surface area contributed by atoms with Gasteiger partial charge in [0, 0.05) is 28.7 Å². The van der Waals surface area contributed by atoms with Crippen LogP contribution in [0.1, 0.15) is 19.5 Å². The first kappa shape index (κ1) is 11.5. The van der Waals surface area contributed by atoms with Crippen LogP contribution in [0.2, 0.25) is 5.02 Å². The van der Waals surface area contributed by atoms with Crippen LogP contribution in [0.3, 0.4) is 0 Å². The molecule has 1 aromatic heterocycles. The van der Waals surface area contributed by atoms with Crippen LogP contribution < -0.4 is 0 Å². The molecule has 0 bridgehead atoms. The molecule has 1 aromatic carbocycles. The van der Waals surface area contributed by atoms with Gasteiger partial charge in [-0.1, -0.05) is 11.6 Å². The number of fused-ring (bicyclic) bond motifs is 1. The SMILES string of the molecule is CC(C)OCc1cc2cc(Cl)ccc2n1C. The van der Waals surface area contributed by atoms with Crippen molar-refractivity contribution in [2.24, 2.45) is 7.05 Å². The standard InChI is InChI=1S/C13H16ClNO/c1-9(2)16-8-12-7-10-6-11(14)4-5-13(10)15(12)3/h4-7,9H,8H2,1-3H3. The first-order valence-corrected chi connectivity index (χ1v) is 5.81. The second-order valence-corrected chi connectivity index (χ2v) is 4.69.